The van der Waals surface area contributed by atoms with Gasteiger partial charge in [0.15, 0.2) is 0 Å². The van der Waals surface area contributed by atoms with Gasteiger partial charge in [0.1, 0.15) is 23.0 Å². The number of hydrogen-bond acceptors (Lipinski definition) is 6. The Kier molecular flexibility index (Phi) is 8.99. The molecule has 1 saturated heterocycles. The maximum Gasteiger partial charge on any atom is 0.295 e. The van der Waals surface area contributed by atoms with Crippen LogP contribution < -0.4 is 10.9 Å². The average Bonchev–Trinajstić information content (AvgIpc) is 3.62. The van der Waals surface area contributed by atoms with E-state index in [0.717, 1.165) is 18.5 Å². The van der Waals surface area contributed by atoms with Crippen LogP contribution in [0.15, 0.2) is 106 Å². The molecule has 1 fully saturated rings. The van der Waals surface area contributed by atoms with E-state index in [1.165, 1.54) is 15.1 Å². The number of piperidine rings is 1. The second-order valence-corrected chi connectivity index (χ2v) is 13.8. The summed E-state index contributed by atoms with van der Waals surface area (Å²) in [5.74, 6) is -0.496. The van der Waals surface area contributed by atoms with Gasteiger partial charge in [0, 0.05) is 37.5 Å². The molecular formula is C36H35N7O4S. The van der Waals surface area contributed by atoms with Crippen LogP contribution in [0.3, 0.4) is 0 Å². The monoisotopic (exact) mass is 661 g/mol. The standard InChI is InChI=1S/C36H35N7O4S/c1-25-12-11-19-41(23-25)48(46,47)32-18-10-13-27(21-32)34-29(24-42(39-34)30-14-6-4-7-15-30)20-28(22-37)35(44)38-33-26(2)40(3)43(36(33)45)31-16-8-5-9-17-31/h4-10,13-18,20-21,24-25H,11-12,19,23H2,1-3H3,(H,38,44). The summed E-state index contributed by atoms with van der Waals surface area (Å²) in [5, 5.41) is 17.6. The number of nitrogens with one attached hydrogen (secondary N) is 1. The fraction of sp³-hybridized carbons (Fsp3) is 0.222. The molecule has 1 amide bonds. The molecule has 12 heteroatoms. The second-order valence-electron chi connectivity index (χ2n) is 11.9. The van der Waals surface area contributed by atoms with Gasteiger partial charge in [-0.15, -0.1) is 0 Å². The number of carbonyl (C=O) groups excluding carboxylic acids is 1. The lowest BCUT2D eigenvalue weighted by Crippen LogP contribution is -2.39. The number of benzene rings is 3. The Morgan fingerprint density at radius 1 is 1.02 bits per heavy atom. The zero-order valence-electron chi connectivity index (χ0n) is 26.9. The highest BCUT2D eigenvalue weighted by Crippen LogP contribution is 2.30. The fourth-order valence-corrected chi connectivity index (χ4v) is 7.59. The highest BCUT2D eigenvalue weighted by Gasteiger charge is 2.29. The van der Waals surface area contributed by atoms with Gasteiger partial charge in [-0.3, -0.25) is 14.3 Å². The predicted octanol–water partition coefficient (Wildman–Crippen LogP) is 5.30. The van der Waals surface area contributed by atoms with Gasteiger partial charge in [-0.2, -0.15) is 14.7 Å². The summed E-state index contributed by atoms with van der Waals surface area (Å²) in [6.07, 6.45) is 4.87. The molecule has 48 heavy (non-hydrogen) atoms. The van der Waals surface area contributed by atoms with Gasteiger partial charge in [0.25, 0.3) is 11.5 Å². The maximum absolute atomic E-state index is 13.6. The van der Waals surface area contributed by atoms with E-state index in [-0.39, 0.29) is 22.1 Å². The Balaban J connectivity index is 1.39. The fourth-order valence-electron chi connectivity index (χ4n) is 5.95. The minimum absolute atomic E-state index is 0.0534. The highest BCUT2D eigenvalue weighted by atomic mass is 32.2. The topological polar surface area (TPSA) is 135 Å². The van der Waals surface area contributed by atoms with Crippen molar-refractivity contribution in [1.29, 1.82) is 5.26 Å². The minimum atomic E-state index is -3.76. The van der Waals surface area contributed by atoms with E-state index >= 15 is 0 Å². The van der Waals surface area contributed by atoms with Crippen molar-refractivity contribution < 1.29 is 13.2 Å². The number of aromatic nitrogens is 4. The predicted molar refractivity (Wildman–Crippen MR) is 184 cm³/mol. The molecule has 6 rings (SSSR count). The van der Waals surface area contributed by atoms with E-state index in [1.54, 1.807) is 65.9 Å². The first-order valence-corrected chi connectivity index (χ1v) is 17.1. The molecule has 244 valence electrons. The van der Waals surface area contributed by atoms with Crippen molar-refractivity contribution in [2.24, 2.45) is 13.0 Å². The van der Waals surface area contributed by atoms with Crippen LogP contribution >= 0.6 is 0 Å². The van der Waals surface area contributed by atoms with Crippen LogP contribution in [0.1, 0.15) is 31.0 Å². The maximum atomic E-state index is 13.6. The van der Waals surface area contributed by atoms with E-state index in [4.69, 9.17) is 5.10 Å². The number of anilines is 1. The molecule has 2 aromatic heterocycles. The van der Waals surface area contributed by atoms with Crippen LogP contribution in [0.5, 0.6) is 0 Å². The van der Waals surface area contributed by atoms with Crippen LogP contribution in [-0.4, -0.2) is 50.9 Å². The third-order valence-corrected chi connectivity index (χ3v) is 10.4. The SMILES string of the molecule is Cc1c(NC(=O)C(C#N)=Cc2cn(-c3ccccc3)nc2-c2cccc(S(=O)(=O)N3CCCC(C)C3)c2)c(=O)n(-c2ccccc2)n1C. The first-order valence-electron chi connectivity index (χ1n) is 15.6. The molecule has 0 aliphatic carbocycles. The van der Waals surface area contributed by atoms with Gasteiger partial charge in [0.05, 0.1) is 22.0 Å². The minimum Gasteiger partial charge on any atom is -0.315 e. The molecule has 5 aromatic rings. The van der Waals surface area contributed by atoms with Crippen LogP contribution in [0.2, 0.25) is 0 Å². The first-order chi connectivity index (χ1) is 23.1. The molecule has 0 spiro atoms. The van der Waals surface area contributed by atoms with E-state index in [0.29, 0.717) is 41.3 Å². The van der Waals surface area contributed by atoms with E-state index < -0.39 is 21.5 Å². The van der Waals surface area contributed by atoms with Crippen molar-refractivity contribution in [2.45, 2.75) is 31.6 Å². The lowest BCUT2D eigenvalue weighted by Gasteiger charge is -2.30. The molecule has 0 bridgehead atoms. The van der Waals surface area contributed by atoms with Gasteiger partial charge in [0.2, 0.25) is 10.0 Å². The summed E-state index contributed by atoms with van der Waals surface area (Å²) in [7, 11) is -2.04. The number of amides is 1. The zero-order valence-corrected chi connectivity index (χ0v) is 27.7. The smallest absolute Gasteiger partial charge is 0.295 e. The van der Waals surface area contributed by atoms with Crippen molar-refractivity contribution >= 4 is 27.7 Å². The van der Waals surface area contributed by atoms with Gasteiger partial charge in [-0.25, -0.2) is 17.8 Å². The quantitative estimate of drug-likeness (QED) is 0.177. The van der Waals surface area contributed by atoms with Crippen molar-refractivity contribution in [2.75, 3.05) is 18.4 Å². The van der Waals surface area contributed by atoms with Crippen molar-refractivity contribution in [3.8, 4) is 28.7 Å². The van der Waals surface area contributed by atoms with Crippen LogP contribution in [-0.2, 0) is 21.9 Å². The molecule has 11 nitrogen and oxygen atoms in total. The molecule has 3 heterocycles. The molecule has 1 aliphatic heterocycles. The van der Waals surface area contributed by atoms with Crippen LogP contribution in [0.25, 0.3) is 28.7 Å². The average molecular weight is 662 g/mol. The third-order valence-electron chi connectivity index (χ3n) is 8.59. The lowest BCUT2D eigenvalue weighted by molar-refractivity contribution is -0.112. The molecule has 1 N–H and O–H groups in total. The largest absolute Gasteiger partial charge is 0.315 e. The third kappa shape index (κ3) is 6.25. The van der Waals surface area contributed by atoms with Gasteiger partial charge >= 0.3 is 0 Å². The summed E-state index contributed by atoms with van der Waals surface area (Å²) in [4.78, 5) is 27.1. The first kappa shape index (κ1) is 32.4. The van der Waals surface area contributed by atoms with Crippen molar-refractivity contribution in [1.82, 2.24) is 23.4 Å². The normalized spacial score (nSPS) is 15.6. The van der Waals surface area contributed by atoms with E-state index in [2.05, 4.69) is 5.32 Å². The Morgan fingerprint density at radius 2 is 1.71 bits per heavy atom. The molecule has 0 saturated carbocycles. The van der Waals surface area contributed by atoms with Gasteiger partial charge < -0.3 is 5.32 Å². The van der Waals surface area contributed by atoms with Gasteiger partial charge in [-0.1, -0.05) is 55.5 Å². The Labute approximate surface area is 279 Å². The zero-order chi connectivity index (χ0) is 34.0. The molecule has 1 aliphatic rings. The van der Waals surface area contributed by atoms with Crippen molar-refractivity contribution in [3.63, 3.8) is 0 Å². The number of nitrogens with zero attached hydrogens (tertiary/aromatic N) is 6. The number of carbonyl (C=O) groups is 1. The number of para-hydroxylation sites is 2. The summed E-state index contributed by atoms with van der Waals surface area (Å²) >= 11 is 0. The van der Waals surface area contributed by atoms with Crippen LogP contribution in [0, 0.1) is 24.2 Å². The van der Waals surface area contributed by atoms with Gasteiger partial charge in [-0.05, 0) is 68.2 Å². The highest BCUT2D eigenvalue weighted by molar-refractivity contribution is 7.89. The van der Waals surface area contributed by atoms with E-state index in [9.17, 15) is 23.3 Å². The number of rotatable bonds is 8. The molecule has 1 unspecified atom stereocenters. The second kappa shape index (κ2) is 13.3. The summed E-state index contributed by atoms with van der Waals surface area (Å²) < 4.78 is 33.5. The lowest BCUT2D eigenvalue weighted by atomic mass is 10.0. The van der Waals surface area contributed by atoms with E-state index in [1.807, 2.05) is 61.5 Å². The number of hydrogen-bond donors (Lipinski definition) is 1. The summed E-state index contributed by atoms with van der Waals surface area (Å²) in [6.45, 7) is 4.68. The molecule has 1 atom stereocenters. The number of sulfonamides is 1. The van der Waals surface area contributed by atoms with Crippen LogP contribution in [0.4, 0.5) is 5.69 Å². The molecule has 3 aromatic carbocycles. The Bertz CT molecular complexity index is 2230. The van der Waals surface area contributed by atoms with Crippen molar-refractivity contribution in [3.05, 3.63) is 118 Å². The molecular weight excluding hydrogens is 627 g/mol. The Morgan fingerprint density at radius 3 is 2.38 bits per heavy atom. The molecule has 0 radical (unpaired) electrons. The Hall–Kier alpha value is -5.51. The summed E-state index contributed by atoms with van der Waals surface area (Å²) in [5.41, 5.74) is 2.52. The summed E-state index contributed by atoms with van der Waals surface area (Å²) in [6, 6.07) is 26.9. The number of nitriles is 1.